The average molecular weight is 412 g/mol. The van der Waals surface area contributed by atoms with Gasteiger partial charge in [0.15, 0.2) is 11.5 Å². The first kappa shape index (κ1) is 22.5. The van der Waals surface area contributed by atoms with E-state index >= 15 is 0 Å². The van der Waals surface area contributed by atoms with Crippen molar-refractivity contribution in [3.8, 4) is 11.5 Å². The van der Waals surface area contributed by atoms with Crippen LogP contribution in [0, 0.1) is 11.8 Å². The van der Waals surface area contributed by atoms with Gasteiger partial charge in [0.25, 0.3) is 0 Å². The molecule has 28 heavy (non-hydrogen) atoms. The third-order valence-electron chi connectivity index (χ3n) is 5.02. The predicted molar refractivity (Wildman–Crippen MR) is 110 cm³/mol. The van der Waals surface area contributed by atoms with Gasteiger partial charge in [0.2, 0.25) is 5.91 Å². The third-order valence-corrected chi connectivity index (χ3v) is 5.50. The second-order valence-electron chi connectivity index (χ2n) is 8.13. The van der Waals surface area contributed by atoms with E-state index in [4.69, 9.17) is 8.92 Å². The van der Waals surface area contributed by atoms with Gasteiger partial charge in [0, 0.05) is 19.5 Å². The van der Waals surface area contributed by atoms with Crippen LogP contribution >= 0.6 is 0 Å². The molecule has 1 aromatic rings. The van der Waals surface area contributed by atoms with Crippen LogP contribution in [0.5, 0.6) is 11.5 Å². The Morgan fingerprint density at radius 2 is 1.89 bits per heavy atom. The van der Waals surface area contributed by atoms with Gasteiger partial charge in [-0.25, -0.2) is 0 Å². The lowest BCUT2D eigenvalue weighted by molar-refractivity contribution is -0.132. The third kappa shape index (κ3) is 7.34. The Bertz CT molecular complexity index is 754. The lowest BCUT2D eigenvalue weighted by Crippen LogP contribution is -2.33. The average Bonchev–Trinajstić information content (AvgIpc) is 3.11. The molecule has 0 saturated heterocycles. The van der Waals surface area contributed by atoms with E-state index in [0.29, 0.717) is 37.1 Å². The fourth-order valence-corrected chi connectivity index (χ4v) is 4.20. The molecule has 2 rings (SSSR count). The quantitative estimate of drug-likeness (QED) is 0.544. The predicted octanol–water partition coefficient (Wildman–Crippen LogP) is 3.99. The highest BCUT2D eigenvalue weighted by molar-refractivity contribution is 7.86. The number of benzene rings is 1. The van der Waals surface area contributed by atoms with Crippen molar-refractivity contribution in [3.05, 3.63) is 23.8 Å². The maximum Gasteiger partial charge on any atom is 0.306 e. The molecule has 0 radical (unpaired) electrons. The van der Waals surface area contributed by atoms with Gasteiger partial charge in [-0.1, -0.05) is 45.6 Å². The van der Waals surface area contributed by atoms with Crippen LogP contribution in [0.25, 0.3) is 0 Å². The van der Waals surface area contributed by atoms with Crippen molar-refractivity contribution in [2.75, 3.05) is 19.9 Å². The van der Waals surface area contributed by atoms with Crippen LogP contribution in [0.15, 0.2) is 18.2 Å². The zero-order valence-corrected chi connectivity index (χ0v) is 18.3. The first-order valence-corrected chi connectivity index (χ1v) is 11.8. The molecule has 1 aliphatic rings. The Labute approximate surface area is 169 Å². The summed E-state index contributed by atoms with van der Waals surface area (Å²) in [6, 6.07) is 5.15. The van der Waals surface area contributed by atoms with Crippen molar-refractivity contribution in [2.45, 2.75) is 58.9 Å². The molecule has 1 aromatic carbocycles. The van der Waals surface area contributed by atoms with Crippen LogP contribution in [0.2, 0.25) is 0 Å². The highest BCUT2D eigenvalue weighted by Crippen LogP contribution is 2.31. The molecular formula is C21H33NO5S. The molecular weight excluding hydrogens is 378 g/mol. The van der Waals surface area contributed by atoms with Crippen molar-refractivity contribution in [1.29, 1.82) is 0 Å². The number of methoxy groups -OCH3 is 1. The van der Waals surface area contributed by atoms with Crippen molar-refractivity contribution in [1.82, 2.24) is 4.90 Å². The Morgan fingerprint density at radius 1 is 1.21 bits per heavy atom. The van der Waals surface area contributed by atoms with E-state index in [1.54, 1.807) is 12.1 Å². The van der Waals surface area contributed by atoms with E-state index in [0.717, 1.165) is 18.2 Å². The Balaban J connectivity index is 2.11. The van der Waals surface area contributed by atoms with Crippen molar-refractivity contribution in [3.63, 3.8) is 0 Å². The smallest absolute Gasteiger partial charge is 0.306 e. The van der Waals surface area contributed by atoms with Gasteiger partial charge in [-0.2, -0.15) is 8.42 Å². The molecule has 1 aliphatic carbocycles. The van der Waals surface area contributed by atoms with Crippen LogP contribution in [0.3, 0.4) is 0 Å². The van der Waals surface area contributed by atoms with E-state index in [-0.39, 0.29) is 11.7 Å². The summed E-state index contributed by atoms with van der Waals surface area (Å²) >= 11 is 0. The van der Waals surface area contributed by atoms with Gasteiger partial charge in [-0.15, -0.1) is 0 Å². The first-order chi connectivity index (χ1) is 13.2. The Kier molecular flexibility index (Phi) is 8.16. The number of ether oxygens (including phenoxy) is 1. The number of amides is 1. The summed E-state index contributed by atoms with van der Waals surface area (Å²) in [7, 11) is -2.21. The van der Waals surface area contributed by atoms with Crippen LogP contribution in [-0.4, -0.2) is 39.1 Å². The minimum Gasteiger partial charge on any atom is -0.493 e. The number of hydrogen-bond donors (Lipinski definition) is 0. The van der Waals surface area contributed by atoms with Crippen LogP contribution in [-0.2, 0) is 21.5 Å². The lowest BCUT2D eigenvalue weighted by Gasteiger charge is -2.26. The van der Waals surface area contributed by atoms with Gasteiger partial charge in [0.1, 0.15) is 0 Å². The molecule has 7 heteroatoms. The van der Waals surface area contributed by atoms with E-state index in [9.17, 15) is 13.2 Å². The topological polar surface area (TPSA) is 72.9 Å². The number of carbonyl (C=O) groups is 1. The Morgan fingerprint density at radius 3 is 2.46 bits per heavy atom. The molecule has 1 saturated carbocycles. The summed E-state index contributed by atoms with van der Waals surface area (Å²) < 4.78 is 33.3. The number of hydrogen-bond acceptors (Lipinski definition) is 5. The Hall–Kier alpha value is -1.76. The van der Waals surface area contributed by atoms with Crippen LogP contribution in [0.1, 0.15) is 57.9 Å². The van der Waals surface area contributed by atoms with Gasteiger partial charge >= 0.3 is 10.1 Å². The minimum atomic E-state index is -3.67. The van der Waals surface area contributed by atoms with Crippen molar-refractivity contribution < 1.29 is 22.1 Å². The summed E-state index contributed by atoms with van der Waals surface area (Å²) in [5.74, 6) is 1.67. The van der Waals surface area contributed by atoms with E-state index in [1.165, 1.54) is 32.8 Å². The fraction of sp³-hybridized carbons (Fsp3) is 0.667. The summed E-state index contributed by atoms with van der Waals surface area (Å²) in [5, 5.41) is 0. The molecule has 6 nitrogen and oxygen atoms in total. The van der Waals surface area contributed by atoms with Crippen LogP contribution in [0.4, 0.5) is 0 Å². The van der Waals surface area contributed by atoms with E-state index < -0.39 is 10.1 Å². The molecule has 0 N–H and O–H groups in total. The standard InChI is InChI=1S/C21H33NO5S/c1-16(2)14-22(21(23)12-10-17-7-5-6-8-17)15-18-9-11-19(26-3)20(13-18)27-28(4,24)25/h9,11,13,16-17H,5-8,10,12,14-15H2,1-4H3. The fourth-order valence-electron chi connectivity index (χ4n) is 3.75. The summed E-state index contributed by atoms with van der Waals surface area (Å²) in [6.45, 7) is 5.26. The number of nitrogens with zero attached hydrogens (tertiary/aromatic N) is 1. The zero-order valence-electron chi connectivity index (χ0n) is 17.4. The number of rotatable bonds is 10. The molecule has 0 bridgehead atoms. The minimum absolute atomic E-state index is 0.144. The molecule has 0 heterocycles. The normalized spacial score (nSPS) is 15.0. The molecule has 0 unspecified atom stereocenters. The van der Waals surface area contributed by atoms with Gasteiger partial charge in [-0.05, 0) is 36.0 Å². The van der Waals surface area contributed by atoms with Gasteiger partial charge in [-0.3, -0.25) is 4.79 Å². The second-order valence-corrected chi connectivity index (χ2v) is 9.70. The maximum absolute atomic E-state index is 12.9. The summed E-state index contributed by atoms with van der Waals surface area (Å²) in [6.07, 6.45) is 7.56. The highest BCUT2D eigenvalue weighted by Gasteiger charge is 2.21. The highest BCUT2D eigenvalue weighted by atomic mass is 32.2. The molecule has 158 valence electrons. The lowest BCUT2D eigenvalue weighted by atomic mass is 10.0. The van der Waals surface area contributed by atoms with Crippen LogP contribution < -0.4 is 8.92 Å². The zero-order chi connectivity index (χ0) is 20.7. The molecule has 1 fully saturated rings. The number of carbonyl (C=O) groups excluding carboxylic acids is 1. The van der Waals surface area contributed by atoms with E-state index in [1.807, 2.05) is 11.0 Å². The van der Waals surface area contributed by atoms with Crippen molar-refractivity contribution >= 4 is 16.0 Å². The van der Waals surface area contributed by atoms with Crippen molar-refractivity contribution in [2.24, 2.45) is 11.8 Å². The van der Waals surface area contributed by atoms with Gasteiger partial charge in [0.05, 0.1) is 13.4 Å². The SMILES string of the molecule is COc1ccc(CN(CC(C)C)C(=O)CCC2CCCC2)cc1OS(C)(=O)=O. The molecule has 0 spiro atoms. The maximum atomic E-state index is 12.9. The molecule has 1 amide bonds. The second kappa shape index (κ2) is 10.1. The summed E-state index contributed by atoms with van der Waals surface area (Å²) in [4.78, 5) is 14.7. The van der Waals surface area contributed by atoms with Gasteiger partial charge < -0.3 is 13.8 Å². The first-order valence-electron chi connectivity index (χ1n) is 10.0. The molecule has 0 atom stereocenters. The monoisotopic (exact) mass is 411 g/mol. The molecule has 0 aromatic heterocycles. The van der Waals surface area contributed by atoms with E-state index in [2.05, 4.69) is 13.8 Å². The molecule has 0 aliphatic heterocycles. The largest absolute Gasteiger partial charge is 0.493 e. The summed E-state index contributed by atoms with van der Waals surface area (Å²) in [5.41, 5.74) is 0.814.